The normalized spacial score (nSPS) is 28.9. The molecule has 1 aromatic carbocycles. The van der Waals surface area contributed by atoms with Crippen LogP contribution in [0.15, 0.2) is 36.5 Å². The molecule has 2 heterocycles. The third-order valence-electron chi connectivity index (χ3n) is 7.25. The van der Waals surface area contributed by atoms with Gasteiger partial charge in [0.15, 0.2) is 0 Å². The number of rotatable bonds is 3. The van der Waals surface area contributed by atoms with Crippen molar-refractivity contribution in [2.24, 2.45) is 5.92 Å². The predicted octanol–water partition coefficient (Wildman–Crippen LogP) is 4.47. The summed E-state index contributed by atoms with van der Waals surface area (Å²) >= 11 is 0. The molecule has 6 heteroatoms. The maximum absolute atomic E-state index is 11.3. The zero-order chi connectivity index (χ0) is 19.3. The van der Waals surface area contributed by atoms with Gasteiger partial charge in [0.1, 0.15) is 5.75 Å². The van der Waals surface area contributed by atoms with Gasteiger partial charge in [0.2, 0.25) is 0 Å². The predicted molar refractivity (Wildman–Crippen MR) is 106 cm³/mol. The second-order valence-corrected chi connectivity index (χ2v) is 8.52. The Morgan fingerprint density at radius 1 is 1.29 bits per heavy atom. The Morgan fingerprint density at radius 3 is 3.04 bits per heavy atom. The van der Waals surface area contributed by atoms with Crippen LogP contribution in [0.2, 0.25) is 0 Å². The topological polar surface area (TPSA) is 68.5 Å². The Hall–Kier alpha value is -2.47. The molecule has 2 aliphatic carbocycles. The smallest absolute Gasteiger partial charge is 0.331 e. The summed E-state index contributed by atoms with van der Waals surface area (Å²) in [4.78, 5) is 17.5. The second-order valence-electron chi connectivity index (χ2n) is 8.52. The number of ether oxygens (including phenoxy) is 1. The van der Waals surface area contributed by atoms with Gasteiger partial charge in [-0.25, -0.2) is 4.98 Å². The molecule has 0 unspecified atom stereocenters. The van der Waals surface area contributed by atoms with Gasteiger partial charge in [-0.05, 0) is 74.5 Å². The summed E-state index contributed by atoms with van der Waals surface area (Å²) < 4.78 is 5.91. The van der Waals surface area contributed by atoms with E-state index < -0.39 is 4.92 Å². The number of hydrogen-bond acceptors (Lipinski definition) is 5. The largest absolute Gasteiger partial charge is 0.434 e. The lowest BCUT2D eigenvalue weighted by molar-refractivity contribution is -0.386. The van der Waals surface area contributed by atoms with E-state index in [1.54, 1.807) is 6.07 Å². The molecular formula is C22H25N3O3. The molecule has 1 aliphatic heterocycles. The van der Waals surface area contributed by atoms with E-state index >= 15 is 0 Å². The first-order chi connectivity index (χ1) is 13.6. The molecule has 3 atom stereocenters. The first-order valence-corrected chi connectivity index (χ1v) is 10.2. The zero-order valence-corrected chi connectivity index (χ0v) is 16.1. The van der Waals surface area contributed by atoms with Gasteiger partial charge in [-0.3, -0.25) is 10.1 Å². The third-order valence-corrected chi connectivity index (χ3v) is 7.25. The summed E-state index contributed by atoms with van der Waals surface area (Å²) in [5, 5.41) is 11.3. The van der Waals surface area contributed by atoms with Gasteiger partial charge in [0.25, 0.3) is 5.88 Å². The van der Waals surface area contributed by atoms with E-state index in [4.69, 9.17) is 4.74 Å². The van der Waals surface area contributed by atoms with E-state index in [1.807, 2.05) is 6.07 Å². The van der Waals surface area contributed by atoms with Gasteiger partial charge in [-0.1, -0.05) is 18.9 Å². The maximum atomic E-state index is 11.3. The van der Waals surface area contributed by atoms with Gasteiger partial charge < -0.3 is 9.64 Å². The van der Waals surface area contributed by atoms with Crippen LogP contribution in [-0.2, 0) is 11.8 Å². The van der Waals surface area contributed by atoms with E-state index in [2.05, 4.69) is 29.1 Å². The highest BCUT2D eigenvalue weighted by Crippen LogP contribution is 2.56. The fourth-order valence-corrected chi connectivity index (χ4v) is 5.95. The second kappa shape index (κ2) is 6.55. The molecule has 1 aromatic heterocycles. The van der Waals surface area contributed by atoms with Crippen molar-refractivity contribution in [3.8, 4) is 11.6 Å². The molecule has 0 radical (unpaired) electrons. The van der Waals surface area contributed by atoms with E-state index in [-0.39, 0.29) is 17.0 Å². The summed E-state index contributed by atoms with van der Waals surface area (Å²) in [7, 11) is 2.27. The lowest BCUT2D eigenvalue weighted by Gasteiger charge is -2.58. The van der Waals surface area contributed by atoms with Gasteiger partial charge >= 0.3 is 5.69 Å². The standard InChI is InChI=1S/C22H25N3O3/c1-24-12-10-22-9-3-2-5-17(22)20(24)13-15-7-8-16(14-18(15)22)28-21-19(25(26)27)6-4-11-23-21/h4,6-8,11,14,17,20H,2-3,5,9-10,12-13H2,1H3/t17-,20+,22+/m0/s1. The van der Waals surface area contributed by atoms with Crippen molar-refractivity contribution in [2.75, 3.05) is 13.6 Å². The molecule has 3 aliphatic rings. The number of hydrogen-bond donors (Lipinski definition) is 0. The van der Waals surface area contributed by atoms with Crippen LogP contribution in [0, 0.1) is 16.0 Å². The quantitative estimate of drug-likeness (QED) is 0.581. The zero-order valence-electron chi connectivity index (χ0n) is 16.1. The van der Waals surface area contributed by atoms with Gasteiger partial charge in [-0.15, -0.1) is 0 Å². The SMILES string of the molecule is CN1CC[C@]23CCCC[C@H]2[C@H]1Cc1ccc(Oc2ncccc2[N+](=O)[O-])cc13. The summed E-state index contributed by atoms with van der Waals surface area (Å²) in [6.45, 7) is 1.14. The van der Waals surface area contributed by atoms with Crippen molar-refractivity contribution in [3.63, 3.8) is 0 Å². The van der Waals surface area contributed by atoms with Crippen molar-refractivity contribution < 1.29 is 9.66 Å². The Morgan fingerprint density at radius 2 is 2.18 bits per heavy atom. The molecule has 0 spiro atoms. The third kappa shape index (κ3) is 2.62. The lowest BCUT2D eigenvalue weighted by Crippen LogP contribution is -2.59. The highest BCUT2D eigenvalue weighted by Gasteiger charge is 2.53. The minimum atomic E-state index is -0.446. The maximum Gasteiger partial charge on any atom is 0.331 e. The number of aromatic nitrogens is 1. The Kier molecular flexibility index (Phi) is 4.12. The molecule has 1 saturated carbocycles. The number of piperidine rings is 1. The highest BCUT2D eigenvalue weighted by molar-refractivity contribution is 5.48. The van der Waals surface area contributed by atoms with Crippen molar-refractivity contribution in [2.45, 2.75) is 50.0 Å². The highest BCUT2D eigenvalue weighted by atomic mass is 16.6. The van der Waals surface area contributed by atoms with E-state index in [1.165, 1.54) is 55.5 Å². The minimum absolute atomic E-state index is 0.0576. The van der Waals surface area contributed by atoms with E-state index in [0.717, 1.165) is 13.0 Å². The van der Waals surface area contributed by atoms with Crippen molar-refractivity contribution >= 4 is 5.69 Å². The van der Waals surface area contributed by atoms with Gasteiger partial charge in [-0.2, -0.15) is 0 Å². The molecule has 2 bridgehead atoms. The average molecular weight is 379 g/mol. The van der Waals surface area contributed by atoms with Crippen molar-refractivity contribution in [1.29, 1.82) is 0 Å². The number of fused-ring (bicyclic) bond motifs is 1. The first-order valence-electron chi connectivity index (χ1n) is 10.2. The van der Waals surface area contributed by atoms with Crippen molar-refractivity contribution in [1.82, 2.24) is 9.88 Å². The summed E-state index contributed by atoms with van der Waals surface area (Å²) in [6, 6.07) is 9.86. The first kappa shape index (κ1) is 17.6. The number of nitro groups is 1. The van der Waals surface area contributed by atoms with Crippen molar-refractivity contribution in [3.05, 3.63) is 57.8 Å². The van der Waals surface area contributed by atoms with Crippen LogP contribution in [-0.4, -0.2) is 34.4 Å². The number of benzene rings is 1. The fraction of sp³-hybridized carbons (Fsp3) is 0.500. The molecule has 5 rings (SSSR count). The molecule has 0 amide bonds. The number of likely N-dealkylation sites (tertiary alicyclic amines) is 1. The molecule has 1 saturated heterocycles. The minimum Gasteiger partial charge on any atom is -0.434 e. The Bertz CT molecular complexity index is 931. The van der Waals surface area contributed by atoms with Crippen LogP contribution in [0.1, 0.15) is 43.2 Å². The summed E-state index contributed by atoms with van der Waals surface area (Å²) in [6.07, 6.45) is 8.93. The molecule has 146 valence electrons. The van der Waals surface area contributed by atoms with Gasteiger partial charge in [0, 0.05) is 23.7 Å². The molecule has 2 aromatic rings. The van der Waals surface area contributed by atoms with Crippen LogP contribution < -0.4 is 4.74 Å². The van der Waals surface area contributed by atoms with Gasteiger partial charge in [0.05, 0.1) is 4.92 Å². The number of nitrogens with zero attached hydrogens (tertiary/aromatic N) is 3. The lowest BCUT2D eigenvalue weighted by atomic mass is 9.52. The number of likely N-dealkylation sites (N-methyl/N-ethyl adjacent to an activating group) is 1. The Labute approximate surface area is 164 Å². The van der Waals surface area contributed by atoms with E-state index in [0.29, 0.717) is 17.7 Å². The van der Waals surface area contributed by atoms with Crippen LogP contribution in [0.4, 0.5) is 5.69 Å². The summed E-state index contributed by atoms with van der Waals surface area (Å²) in [5.74, 6) is 1.41. The van der Waals surface area contributed by atoms with Crippen LogP contribution >= 0.6 is 0 Å². The van der Waals surface area contributed by atoms with Crippen LogP contribution in [0.25, 0.3) is 0 Å². The summed E-state index contributed by atoms with van der Waals surface area (Å²) in [5.41, 5.74) is 2.96. The number of pyridine rings is 1. The molecule has 0 N–H and O–H groups in total. The molecule has 6 nitrogen and oxygen atoms in total. The van der Waals surface area contributed by atoms with E-state index in [9.17, 15) is 10.1 Å². The fourth-order valence-electron chi connectivity index (χ4n) is 5.95. The molecule has 2 fully saturated rings. The Balaban J connectivity index is 1.55. The molecular weight excluding hydrogens is 354 g/mol. The van der Waals surface area contributed by atoms with Crippen LogP contribution in [0.5, 0.6) is 11.6 Å². The monoisotopic (exact) mass is 379 g/mol. The molecule has 28 heavy (non-hydrogen) atoms. The van der Waals surface area contributed by atoms with Crippen LogP contribution in [0.3, 0.4) is 0 Å². The average Bonchev–Trinajstić information content (AvgIpc) is 2.71.